The van der Waals surface area contributed by atoms with Crippen LogP contribution in [0.25, 0.3) is 0 Å². The number of aromatic nitrogens is 2. The number of anilines is 1. The highest BCUT2D eigenvalue weighted by Gasteiger charge is 2.24. The van der Waals surface area contributed by atoms with Crippen LogP contribution in [-0.2, 0) is 4.74 Å². The standard InChI is InChI=1S/C12H19N3O2/c1-3-7-17-11-4-6-13-12(15-11)14-10-5-8-16-9(10)2/h4,6,9-10H,3,5,7-8H2,1-2H3,(H,13,14,15). The first-order chi connectivity index (χ1) is 8.29. The second-order valence-electron chi connectivity index (χ2n) is 4.18. The zero-order valence-electron chi connectivity index (χ0n) is 10.3. The lowest BCUT2D eigenvalue weighted by molar-refractivity contribution is 0.121. The average Bonchev–Trinajstić information content (AvgIpc) is 2.73. The Morgan fingerprint density at radius 1 is 1.59 bits per heavy atom. The first-order valence-electron chi connectivity index (χ1n) is 6.13. The lowest BCUT2D eigenvalue weighted by Crippen LogP contribution is -2.27. The van der Waals surface area contributed by atoms with Crippen LogP contribution < -0.4 is 10.1 Å². The molecule has 0 bridgehead atoms. The molecule has 2 unspecified atom stereocenters. The Morgan fingerprint density at radius 3 is 3.18 bits per heavy atom. The molecule has 5 nitrogen and oxygen atoms in total. The monoisotopic (exact) mass is 237 g/mol. The van der Waals surface area contributed by atoms with Gasteiger partial charge >= 0.3 is 0 Å². The SMILES string of the molecule is CCCOc1ccnc(NC2CCOC2C)n1. The summed E-state index contributed by atoms with van der Waals surface area (Å²) in [6, 6.07) is 2.06. The second-order valence-corrected chi connectivity index (χ2v) is 4.18. The molecule has 94 valence electrons. The summed E-state index contributed by atoms with van der Waals surface area (Å²) in [6.45, 7) is 5.60. The summed E-state index contributed by atoms with van der Waals surface area (Å²) >= 11 is 0. The number of ether oxygens (including phenoxy) is 2. The summed E-state index contributed by atoms with van der Waals surface area (Å²) in [6.07, 6.45) is 3.88. The van der Waals surface area contributed by atoms with Gasteiger partial charge in [-0.15, -0.1) is 0 Å². The lowest BCUT2D eigenvalue weighted by atomic mass is 10.2. The average molecular weight is 237 g/mol. The molecule has 17 heavy (non-hydrogen) atoms. The summed E-state index contributed by atoms with van der Waals surface area (Å²) in [4.78, 5) is 8.50. The van der Waals surface area contributed by atoms with Crippen LogP contribution in [0.1, 0.15) is 26.7 Å². The molecule has 2 atom stereocenters. The van der Waals surface area contributed by atoms with Crippen molar-refractivity contribution in [3.63, 3.8) is 0 Å². The second kappa shape index (κ2) is 5.82. The van der Waals surface area contributed by atoms with Gasteiger partial charge in [-0.2, -0.15) is 4.98 Å². The van der Waals surface area contributed by atoms with E-state index in [-0.39, 0.29) is 12.1 Å². The molecular formula is C12H19N3O2. The predicted octanol–water partition coefficient (Wildman–Crippen LogP) is 1.85. The minimum Gasteiger partial charge on any atom is -0.478 e. The van der Waals surface area contributed by atoms with Crippen LogP contribution in [0.2, 0.25) is 0 Å². The number of nitrogens with one attached hydrogen (secondary N) is 1. The van der Waals surface area contributed by atoms with E-state index in [0.29, 0.717) is 18.4 Å². The van der Waals surface area contributed by atoms with Gasteiger partial charge in [-0.3, -0.25) is 0 Å². The number of rotatable bonds is 5. The zero-order valence-corrected chi connectivity index (χ0v) is 10.3. The van der Waals surface area contributed by atoms with Gasteiger partial charge in [-0.1, -0.05) is 6.92 Å². The molecule has 0 aliphatic carbocycles. The van der Waals surface area contributed by atoms with E-state index in [2.05, 4.69) is 29.1 Å². The largest absolute Gasteiger partial charge is 0.478 e. The predicted molar refractivity (Wildman–Crippen MR) is 65.3 cm³/mol. The van der Waals surface area contributed by atoms with Crippen molar-refractivity contribution in [1.82, 2.24) is 9.97 Å². The molecule has 1 aromatic rings. The summed E-state index contributed by atoms with van der Waals surface area (Å²) in [7, 11) is 0. The normalized spacial score (nSPS) is 23.6. The Labute approximate surface area is 102 Å². The molecule has 5 heteroatoms. The zero-order chi connectivity index (χ0) is 12.1. The lowest BCUT2D eigenvalue weighted by Gasteiger charge is -2.16. The minimum absolute atomic E-state index is 0.207. The molecule has 1 N–H and O–H groups in total. The summed E-state index contributed by atoms with van der Waals surface area (Å²) in [5.74, 6) is 1.23. The van der Waals surface area contributed by atoms with E-state index < -0.39 is 0 Å². The highest BCUT2D eigenvalue weighted by Crippen LogP contribution is 2.17. The van der Waals surface area contributed by atoms with E-state index in [1.165, 1.54) is 0 Å². The smallest absolute Gasteiger partial charge is 0.226 e. The van der Waals surface area contributed by atoms with Crippen molar-refractivity contribution in [3.8, 4) is 5.88 Å². The van der Waals surface area contributed by atoms with Crippen LogP contribution in [0, 0.1) is 0 Å². The first-order valence-corrected chi connectivity index (χ1v) is 6.13. The third-order valence-corrected chi connectivity index (χ3v) is 2.77. The molecule has 1 aromatic heterocycles. The topological polar surface area (TPSA) is 56.3 Å². The Bertz CT molecular complexity index is 359. The fourth-order valence-electron chi connectivity index (χ4n) is 1.79. The van der Waals surface area contributed by atoms with Crippen molar-refractivity contribution >= 4 is 5.95 Å². The van der Waals surface area contributed by atoms with Gasteiger partial charge in [0.2, 0.25) is 11.8 Å². The van der Waals surface area contributed by atoms with Crippen molar-refractivity contribution < 1.29 is 9.47 Å². The highest BCUT2D eigenvalue weighted by molar-refractivity contribution is 5.29. The van der Waals surface area contributed by atoms with Crippen LogP contribution in [0.5, 0.6) is 5.88 Å². The van der Waals surface area contributed by atoms with E-state index in [1.54, 1.807) is 12.3 Å². The molecule has 1 aliphatic rings. The van der Waals surface area contributed by atoms with E-state index in [0.717, 1.165) is 19.4 Å². The minimum atomic E-state index is 0.207. The molecule has 0 spiro atoms. The van der Waals surface area contributed by atoms with Gasteiger partial charge in [-0.05, 0) is 19.8 Å². The van der Waals surface area contributed by atoms with Crippen LogP contribution in [-0.4, -0.2) is 35.3 Å². The highest BCUT2D eigenvalue weighted by atomic mass is 16.5. The van der Waals surface area contributed by atoms with Crippen molar-refractivity contribution in [2.45, 2.75) is 38.8 Å². The Balaban J connectivity index is 1.95. The molecule has 0 aromatic carbocycles. The summed E-state index contributed by atoms with van der Waals surface area (Å²) < 4.78 is 10.9. The molecule has 0 amide bonds. The van der Waals surface area contributed by atoms with E-state index in [1.807, 2.05) is 0 Å². The summed E-state index contributed by atoms with van der Waals surface area (Å²) in [5, 5.41) is 3.28. The molecule has 2 heterocycles. The number of hydrogen-bond acceptors (Lipinski definition) is 5. The fraction of sp³-hybridized carbons (Fsp3) is 0.667. The first kappa shape index (κ1) is 12.1. The van der Waals surface area contributed by atoms with Crippen molar-refractivity contribution in [3.05, 3.63) is 12.3 Å². The van der Waals surface area contributed by atoms with Crippen LogP contribution in [0.3, 0.4) is 0 Å². The maximum absolute atomic E-state index is 5.48. The van der Waals surface area contributed by atoms with E-state index in [9.17, 15) is 0 Å². The van der Waals surface area contributed by atoms with E-state index >= 15 is 0 Å². The van der Waals surface area contributed by atoms with Gasteiger partial charge in [0.1, 0.15) is 0 Å². The maximum Gasteiger partial charge on any atom is 0.226 e. The number of hydrogen-bond donors (Lipinski definition) is 1. The van der Waals surface area contributed by atoms with E-state index in [4.69, 9.17) is 9.47 Å². The van der Waals surface area contributed by atoms with Gasteiger partial charge in [0, 0.05) is 18.9 Å². The Morgan fingerprint density at radius 2 is 2.47 bits per heavy atom. The molecule has 1 saturated heterocycles. The molecule has 1 aliphatic heterocycles. The fourth-order valence-corrected chi connectivity index (χ4v) is 1.79. The Hall–Kier alpha value is -1.36. The molecule has 1 fully saturated rings. The third kappa shape index (κ3) is 3.30. The Kier molecular flexibility index (Phi) is 4.14. The molecular weight excluding hydrogens is 218 g/mol. The molecule has 0 radical (unpaired) electrons. The van der Waals surface area contributed by atoms with Crippen molar-refractivity contribution in [2.24, 2.45) is 0 Å². The van der Waals surface area contributed by atoms with Gasteiger partial charge in [0.25, 0.3) is 0 Å². The van der Waals surface area contributed by atoms with Gasteiger partial charge in [0.05, 0.1) is 18.8 Å². The van der Waals surface area contributed by atoms with Crippen LogP contribution in [0.15, 0.2) is 12.3 Å². The molecule has 2 rings (SSSR count). The maximum atomic E-state index is 5.48. The van der Waals surface area contributed by atoms with Gasteiger partial charge in [0.15, 0.2) is 0 Å². The van der Waals surface area contributed by atoms with Crippen molar-refractivity contribution in [1.29, 1.82) is 0 Å². The van der Waals surface area contributed by atoms with Crippen LogP contribution in [0.4, 0.5) is 5.95 Å². The van der Waals surface area contributed by atoms with Crippen LogP contribution >= 0.6 is 0 Å². The summed E-state index contributed by atoms with van der Waals surface area (Å²) in [5.41, 5.74) is 0. The van der Waals surface area contributed by atoms with Gasteiger partial charge < -0.3 is 14.8 Å². The quantitative estimate of drug-likeness (QED) is 0.847. The van der Waals surface area contributed by atoms with Crippen molar-refractivity contribution in [2.75, 3.05) is 18.5 Å². The van der Waals surface area contributed by atoms with Gasteiger partial charge in [-0.25, -0.2) is 4.98 Å². The molecule has 0 saturated carbocycles. The number of nitrogens with zero attached hydrogens (tertiary/aromatic N) is 2. The third-order valence-electron chi connectivity index (χ3n) is 2.77.